The molecule has 4 heteroatoms. The topological polar surface area (TPSA) is 46.1 Å². The number of unbranched alkanes of at least 4 members (excludes halogenated alkanes) is 3. The summed E-state index contributed by atoms with van der Waals surface area (Å²) in [4.78, 5) is 24.0. The third-order valence-electron chi connectivity index (χ3n) is 6.40. The molecule has 4 nitrogen and oxygen atoms in total. The maximum Gasteiger partial charge on any atom is 0.129 e. The minimum atomic E-state index is 0.260. The average Bonchev–Trinajstić information content (AvgIpc) is 2.83. The molecule has 1 aliphatic heterocycles. The number of hydrogen-bond donors (Lipinski definition) is 0. The van der Waals surface area contributed by atoms with Gasteiger partial charge in [0.1, 0.15) is 5.78 Å². The molecule has 0 radical (unpaired) electrons. The van der Waals surface area contributed by atoms with Gasteiger partial charge in [-0.2, -0.15) is 0 Å². The lowest BCUT2D eigenvalue weighted by Crippen LogP contribution is -2.36. The van der Waals surface area contributed by atoms with E-state index in [1.54, 1.807) is 6.92 Å². The molecular weight excluding hydrogens is 394 g/mol. The maximum atomic E-state index is 11.1. The van der Waals surface area contributed by atoms with Gasteiger partial charge in [0, 0.05) is 30.5 Å². The molecule has 0 unspecified atom stereocenters. The average molecular weight is 428 g/mol. The summed E-state index contributed by atoms with van der Waals surface area (Å²) in [5.41, 5.74) is 6.41. The normalized spacial score (nSPS) is 16.0. The fourth-order valence-corrected chi connectivity index (χ4v) is 4.56. The lowest BCUT2D eigenvalue weighted by molar-refractivity contribution is -0.117. The van der Waals surface area contributed by atoms with Crippen molar-refractivity contribution in [3.05, 3.63) is 72.1 Å². The second kappa shape index (κ2) is 10.6. The number of rotatable bonds is 9. The molecule has 0 N–H and O–H groups in total. The largest absolute Gasteiger partial charge is 0.300 e. The molecule has 1 aromatic heterocycles. The lowest BCUT2D eigenvalue weighted by Gasteiger charge is -2.34. The van der Waals surface area contributed by atoms with Crippen LogP contribution in [-0.4, -0.2) is 33.7 Å². The number of aromatic nitrogens is 2. The molecule has 0 spiro atoms. The third-order valence-corrected chi connectivity index (χ3v) is 6.40. The Hall–Kier alpha value is -2.85. The van der Waals surface area contributed by atoms with E-state index < -0.39 is 0 Å². The first kappa shape index (κ1) is 22.3. The van der Waals surface area contributed by atoms with E-state index in [0.29, 0.717) is 5.78 Å². The molecule has 4 rings (SSSR count). The van der Waals surface area contributed by atoms with Crippen LogP contribution in [0.1, 0.15) is 63.4 Å². The van der Waals surface area contributed by atoms with E-state index in [1.165, 1.54) is 12.8 Å². The molecule has 2 aromatic carbocycles. The van der Waals surface area contributed by atoms with E-state index in [2.05, 4.69) is 60.4 Å². The predicted octanol–water partition coefficient (Wildman–Crippen LogP) is 6.27. The highest BCUT2D eigenvalue weighted by Gasteiger charge is 2.28. The molecule has 0 saturated heterocycles. The lowest BCUT2D eigenvalue weighted by atomic mass is 9.98. The predicted molar refractivity (Wildman–Crippen MR) is 130 cm³/mol. The van der Waals surface area contributed by atoms with Crippen molar-refractivity contribution in [1.82, 2.24) is 14.9 Å². The number of ketones is 1. The monoisotopic (exact) mass is 427 g/mol. The van der Waals surface area contributed by atoms with Gasteiger partial charge in [-0.05, 0) is 33.2 Å². The maximum absolute atomic E-state index is 11.1. The molecule has 1 atom stereocenters. The van der Waals surface area contributed by atoms with Crippen LogP contribution in [-0.2, 0) is 11.2 Å². The Balaban J connectivity index is 1.55. The molecule has 3 aromatic rings. The van der Waals surface area contributed by atoms with E-state index >= 15 is 0 Å². The van der Waals surface area contributed by atoms with Crippen LogP contribution in [0.3, 0.4) is 0 Å². The summed E-state index contributed by atoms with van der Waals surface area (Å²) >= 11 is 0. The molecule has 0 saturated carbocycles. The number of carbonyl (C=O) groups is 1. The van der Waals surface area contributed by atoms with Crippen LogP contribution in [0.15, 0.2) is 60.7 Å². The number of hydrogen-bond acceptors (Lipinski definition) is 4. The molecule has 166 valence electrons. The van der Waals surface area contributed by atoms with Gasteiger partial charge in [-0.15, -0.1) is 0 Å². The van der Waals surface area contributed by atoms with Crippen molar-refractivity contribution in [2.45, 2.75) is 58.4 Å². The quantitative estimate of drug-likeness (QED) is 0.378. The van der Waals surface area contributed by atoms with Crippen LogP contribution in [0.4, 0.5) is 0 Å². The van der Waals surface area contributed by atoms with Crippen LogP contribution < -0.4 is 0 Å². The first-order valence-electron chi connectivity index (χ1n) is 11.9. The fraction of sp³-hybridized carbons (Fsp3) is 0.393. The van der Waals surface area contributed by atoms with Crippen LogP contribution >= 0.6 is 0 Å². The summed E-state index contributed by atoms with van der Waals surface area (Å²) in [6.07, 6.45) is 6.15. The molecule has 2 heterocycles. The summed E-state index contributed by atoms with van der Waals surface area (Å²) in [6.45, 7) is 6.04. The molecular formula is C28H33N3O. The van der Waals surface area contributed by atoms with Gasteiger partial charge < -0.3 is 4.79 Å². The SMILES string of the molecule is CC(=O)CCCCCCN1CCc2nc(-c3ccccc3)c(-c3ccccc3)nc2[C@@H]1C. The van der Waals surface area contributed by atoms with Crippen molar-refractivity contribution in [1.29, 1.82) is 0 Å². The minimum Gasteiger partial charge on any atom is -0.300 e. The minimum absolute atomic E-state index is 0.260. The van der Waals surface area contributed by atoms with Crippen molar-refractivity contribution < 1.29 is 4.79 Å². The number of carbonyl (C=O) groups excluding carboxylic acids is 1. The molecule has 0 amide bonds. The summed E-state index contributed by atoms with van der Waals surface area (Å²) < 4.78 is 0. The summed E-state index contributed by atoms with van der Waals surface area (Å²) in [6, 6.07) is 21.1. The zero-order chi connectivity index (χ0) is 22.3. The van der Waals surface area contributed by atoms with E-state index in [4.69, 9.17) is 9.97 Å². The molecule has 1 aliphatic rings. The Bertz CT molecular complexity index is 1030. The van der Waals surface area contributed by atoms with Crippen LogP contribution in [0.25, 0.3) is 22.5 Å². The van der Waals surface area contributed by atoms with Crippen molar-refractivity contribution in [2.75, 3.05) is 13.1 Å². The van der Waals surface area contributed by atoms with Gasteiger partial charge in [0.2, 0.25) is 0 Å². The Kier molecular flexibility index (Phi) is 7.43. The number of Topliss-reactive ketones (excluding diaryl/α,β-unsaturated/α-hetero) is 1. The highest BCUT2D eigenvalue weighted by Crippen LogP contribution is 2.34. The molecule has 0 aliphatic carbocycles. The van der Waals surface area contributed by atoms with Gasteiger partial charge in [0.25, 0.3) is 0 Å². The molecule has 0 fully saturated rings. The van der Waals surface area contributed by atoms with Crippen LogP contribution in [0.2, 0.25) is 0 Å². The third kappa shape index (κ3) is 5.31. The van der Waals surface area contributed by atoms with Crippen molar-refractivity contribution in [3.8, 4) is 22.5 Å². The Morgan fingerprint density at radius 2 is 1.47 bits per heavy atom. The van der Waals surface area contributed by atoms with Gasteiger partial charge in [-0.3, -0.25) is 4.90 Å². The van der Waals surface area contributed by atoms with Crippen LogP contribution in [0, 0.1) is 0 Å². The standard InChI is InChI=1S/C28H33N3O/c1-21(32)13-7-3-4-12-19-31-20-18-25-26(22(31)2)30-28(24-16-10-6-11-17-24)27(29-25)23-14-8-5-9-15-23/h5-6,8-11,14-17,22H,3-4,7,12-13,18-20H2,1-2H3/t22-/m0/s1. The first-order valence-corrected chi connectivity index (χ1v) is 11.9. The van der Waals surface area contributed by atoms with E-state index in [9.17, 15) is 4.79 Å². The van der Waals surface area contributed by atoms with E-state index in [1.807, 2.05) is 12.1 Å². The highest BCUT2D eigenvalue weighted by atomic mass is 16.1. The van der Waals surface area contributed by atoms with Gasteiger partial charge in [0.05, 0.1) is 28.8 Å². The van der Waals surface area contributed by atoms with Gasteiger partial charge in [-0.25, -0.2) is 9.97 Å². The van der Waals surface area contributed by atoms with Crippen molar-refractivity contribution >= 4 is 5.78 Å². The van der Waals surface area contributed by atoms with Crippen molar-refractivity contribution in [3.63, 3.8) is 0 Å². The number of benzene rings is 2. The second-order valence-electron chi connectivity index (χ2n) is 8.81. The Morgan fingerprint density at radius 1 is 0.875 bits per heavy atom. The zero-order valence-corrected chi connectivity index (χ0v) is 19.3. The summed E-state index contributed by atoms with van der Waals surface area (Å²) in [5, 5.41) is 0. The fourth-order valence-electron chi connectivity index (χ4n) is 4.56. The first-order chi connectivity index (χ1) is 15.6. The highest BCUT2D eigenvalue weighted by molar-refractivity contribution is 5.78. The summed E-state index contributed by atoms with van der Waals surface area (Å²) in [7, 11) is 0. The molecule has 0 bridgehead atoms. The number of nitrogens with zero attached hydrogens (tertiary/aromatic N) is 3. The van der Waals surface area contributed by atoms with Gasteiger partial charge in [0.15, 0.2) is 0 Å². The van der Waals surface area contributed by atoms with E-state index in [0.717, 1.165) is 72.7 Å². The number of fused-ring (bicyclic) bond motifs is 1. The summed E-state index contributed by atoms with van der Waals surface area (Å²) in [5.74, 6) is 0.300. The molecule has 32 heavy (non-hydrogen) atoms. The Labute approximate surface area is 191 Å². The zero-order valence-electron chi connectivity index (χ0n) is 19.3. The van der Waals surface area contributed by atoms with E-state index in [-0.39, 0.29) is 6.04 Å². The second-order valence-corrected chi connectivity index (χ2v) is 8.81. The van der Waals surface area contributed by atoms with Crippen molar-refractivity contribution in [2.24, 2.45) is 0 Å². The Morgan fingerprint density at radius 3 is 2.09 bits per heavy atom. The smallest absolute Gasteiger partial charge is 0.129 e. The van der Waals surface area contributed by atoms with Crippen LogP contribution in [0.5, 0.6) is 0 Å². The van der Waals surface area contributed by atoms with Gasteiger partial charge >= 0.3 is 0 Å². The van der Waals surface area contributed by atoms with Gasteiger partial charge in [-0.1, -0.05) is 73.5 Å².